The first-order chi connectivity index (χ1) is 8.72. The SMILES string of the molecule is CCOc1c(N)c2ccccc2c2oc(=O)sc12. The molecule has 1 heterocycles. The van der Waals surface area contributed by atoms with Crippen molar-refractivity contribution in [2.24, 2.45) is 0 Å². The Kier molecular flexibility index (Phi) is 2.48. The van der Waals surface area contributed by atoms with Gasteiger partial charge in [-0.05, 0) is 18.3 Å². The van der Waals surface area contributed by atoms with Gasteiger partial charge in [-0.3, -0.25) is 0 Å². The van der Waals surface area contributed by atoms with Crippen molar-refractivity contribution in [2.75, 3.05) is 12.3 Å². The average Bonchev–Trinajstić information content (AvgIpc) is 2.76. The van der Waals surface area contributed by atoms with Crippen molar-refractivity contribution >= 4 is 38.1 Å². The highest BCUT2D eigenvalue weighted by molar-refractivity contribution is 7.16. The monoisotopic (exact) mass is 261 g/mol. The molecule has 4 nitrogen and oxygen atoms in total. The number of ether oxygens (including phenoxy) is 1. The van der Waals surface area contributed by atoms with E-state index in [0.29, 0.717) is 28.3 Å². The molecule has 0 unspecified atom stereocenters. The van der Waals surface area contributed by atoms with Crippen molar-refractivity contribution in [1.29, 1.82) is 0 Å². The molecule has 2 aromatic carbocycles. The van der Waals surface area contributed by atoms with Gasteiger partial charge in [0, 0.05) is 10.8 Å². The van der Waals surface area contributed by atoms with Crippen LogP contribution in [0, 0.1) is 0 Å². The topological polar surface area (TPSA) is 65.5 Å². The summed E-state index contributed by atoms with van der Waals surface area (Å²) >= 11 is 1.02. The Labute approximate surface area is 107 Å². The molecule has 0 saturated heterocycles. The maximum atomic E-state index is 11.5. The standard InChI is InChI=1S/C13H11NO3S/c1-2-16-11-9(14)7-5-3-4-6-8(7)10-12(11)18-13(15)17-10/h3-6H,2,14H2,1H3. The molecule has 3 rings (SSSR count). The number of anilines is 1. The molecule has 18 heavy (non-hydrogen) atoms. The van der Waals surface area contributed by atoms with Crippen LogP contribution >= 0.6 is 11.3 Å². The van der Waals surface area contributed by atoms with Crippen molar-refractivity contribution in [3.8, 4) is 5.75 Å². The van der Waals surface area contributed by atoms with Crippen LogP contribution in [0.15, 0.2) is 33.5 Å². The third-order valence-corrected chi connectivity index (χ3v) is 3.60. The summed E-state index contributed by atoms with van der Waals surface area (Å²) in [6, 6.07) is 7.56. The minimum absolute atomic E-state index is 0.346. The van der Waals surface area contributed by atoms with E-state index in [9.17, 15) is 4.79 Å². The highest BCUT2D eigenvalue weighted by Crippen LogP contribution is 2.41. The third-order valence-electron chi connectivity index (χ3n) is 2.78. The van der Waals surface area contributed by atoms with E-state index in [2.05, 4.69) is 0 Å². The molecule has 1 aromatic heterocycles. The van der Waals surface area contributed by atoms with E-state index in [4.69, 9.17) is 14.9 Å². The van der Waals surface area contributed by atoms with Crippen LogP contribution in [0.5, 0.6) is 5.75 Å². The predicted octanol–water partition coefficient (Wildman–Crippen LogP) is 2.99. The van der Waals surface area contributed by atoms with Gasteiger partial charge in [-0.15, -0.1) is 0 Å². The van der Waals surface area contributed by atoms with Crippen LogP contribution in [0.1, 0.15) is 6.92 Å². The lowest BCUT2D eigenvalue weighted by atomic mass is 10.1. The van der Waals surface area contributed by atoms with E-state index in [0.717, 1.165) is 22.1 Å². The molecule has 0 bridgehead atoms. The van der Waals surface area contributed by atoms with Gasteiger partial charge in [-0.2, -0.15) is 0 Å². The van der Waals surface area contributed by atoms with Gasteiger partial charge in [-0.25, -0.2) is 4.79 Å². The average molecular weight is 261 g/mol. The maximum absolute atomic E-state index is 11.5. The maximum Gasteiger partial charge on any atom is 0.396 e. The molecule has 2 N–H and O–H groups in total. The lowest BCUT2D eigenvalue weighted by Crippen LogP contribution is -1.98. The highest BCUT2D eigenvalue weighted by atomic mass is 32.1. The largest absolute Gasteiger partial charge is 0.490 e. The van der Waals surface area contributed by atoms with E-state index >= 15 is 0 Å². The predicted molar refractivity (Wildman–Crippen MR) is 73.4 cm³/mol. The fourth-order valence-corrected chi connectivity index (χ4v) is 2.85. The molecule has 92 valence electrons. The number of hydrogen-bond acceptors (Lipinski definition) is 5. The Bertz CT molecular complexity index is 788. The summed E-state index contributed by atoms with van der Waals surface area (Å²) in [4.78, 5) is 11.1. The van der Waals surface area contributed by atoms with Crippen LogP contribution in [0.2, 0.25) is 0 Å². The number of rotatable bonds is 2. The molecular weight excluding hydrogens is 250 g/mol. The molecule has 3 aromatic rings. The third kappa shape index (κ3) is 1.48. The van der Waals surface area contributed by atoms with Gasteiger partial charge in [0.15, 0.2) is 11.3 Å². The highest BCUT2D eigenvalue weighted by Gasteiger charge is 2.17. The fraction of sp³-hybridized carbons (Fsp3) is 0.154. The van der Waals surface area contributed by atoms with E-state index in [1.807, 2.05) is 31.2 Å². The van der Waals surface area contributed by atoms with Crippen molar-refractivity contribution in [2.45, 2.75) is 6.92 Å². The first kappa shape index (κ1) is 11.1. The van der Waals surface area contributed by atoms with Gasteiger partial charge in [0.05, 0.1) is 12.3 Å². The summed E-state index contributed by atoms with van der Waals surface area (Å²) in [7, 11) is 0. The summed E-state index contributed by atoms with van der Waals surface area (Å²) in [5.41, 5.74) is 7.23. The van der Waals surface area contributed by atoms with Crippen LogP contribution in [-0.2, 0) is 0 Å². The number of hydrogen-bond donors (Lipinski definition) is 1. The normalized spacial score (nSPS) is 11.2. The first-order valence-electron chi connectivity index (χ1n) is 5.59. The minimum atomic E-state index is -0.346. The Morgan fingerprint density at radius 1 is 1.33 bits per heavy atom. The molecule has 0 aliphatic carbocycles. The molecule has 0 atom stereocenters. The molecule has 0 aliphatic rings. The lowest BCUT2D eigenvalue weighted by Gasteiger charge is -2.10. The Morgan fingerprint density at radius 2 is 2.06 bits per heavy atom. The Morgan fingerprint density at radius 3 is 2.78 bits per heavy atom. The molecule has 0 fully saturated rings. The van der Waals surface area contributed by atoms with Crippen LogP contribution in [-0.4, -0.2) is 6.61 Å². The molecule has 0 radical (unpaired) electrons. The molecule has 0 aliphatic heterocycles. The van der Waals surface area contributed by atoms with Gasteiger partial charge >= 0.3 is 4.94 Å². The van der Waals surface area contributed by atoms with E-state index in [1.165, 1.54) is 0 Å². The zero-order chi connectivity index (χ0) is 12.7. The molecule has 5 heteroatoms. The number of nitrogen functional groups attached to an aromatic ring is 1. The Hall–Kier alpha value is -2.01. The number of nitrogens with two attached hydrogens (primary N) is 1. The zero-order valence-electron chi connectivity index (χ0n) is 9.73. The van der Waals surface area contributed by atoms with E-state index in [-0.39, 0.29) is 4.94 Å². The number of fused-ring (bicyclic) bond motifs is 3. The van der Waals surface area contributed by atoms with Crippen LogP contribution in [0.4, 0.5) is 5.69 Å². The van der Waals surface area contributed by atoms with Crippen LogP contribution < -0.4 is 15.4 Å². The second kappa shape index (κ2) is 4.03. The van der Waals surface area contributed by atoms with Crippen molar-refractivity contribution in [3.05, 3.63) is 34.0 Å². The molecular formula is C13H11NO3S. The quantitative estimate of drug-likeness (QED) is 0.720. The van der Waals surface area contributed by atoms with Crippen molar-refractivity contribution < 1.29 is 9.15 Å². The summed E-state index contributed by atoms with van der Waals surface area (Å²) in [5.74, 6) is 0.544. The van der Waals surface area contributed by atoms with Gasteiger partial charge in [0.1, 0.15) is 4.70 Å². The summed E-state index contributed by atoms with van der Waals surface area (Å²) in [6.07, 6.45) is 0. The van der Waals surface area contributed by atoms with Gasteiger partial charge in [-0.1, -0.05) is 24.3 Å². The van der Waals surface area contributed by atoms with E-state index < -0.39 is 0 Å². The van der Waals surface area contributed by atoms with Crippen molar-refractivity contribution in [1.82, 2.24) is 0 Å². The summed E-state index contributed by atoms with van der Waals surface area (Å²) in [6.45, 7) is 2.37. The second-order valence-corrected chi connectivity index (χ2v) is 4.78. The fourth-order valence-electron chi connectivity index (χ4n) is 2.06. The number of benzene rings is 2. The summed E-state index contributed by atoms with van der Waals surface area (Å²) < 4.78 is 11.5. The molecule has 0 amide bonds. The Balaban J connectivity index is 2.56. The molecule has 0 spiro atoms. The van der Waals surface area contributed by atoms with Gasteiger partial charge < -0.3 is 14.9 Å². The van der Waals surface area contributed by atoms with Crippen LogP contribution in [0.25, 0.3) is 21.1 Å². The van der Waals surface area contributed by atoms with Crippen molar-refractivity contribution in [3.63, 3.8) is 0 Å². The molecule has 0 saturated carbocycles. The first-order valence-corrected chi connectivity index (χ1v) is 6.40. The van der Waals surface area contributed by atoms with Crippen LogP contribution in [0.3, 0.4) is 0 Å². The van der Waals surface area contributed by atoms with Gasteiger partial charge in [0.2, 0.25) is 0 Å². The van der Waals surface area contributed by atoms with Gasteiger partial charge in [0.25, 0.3) is 0 Å². The zero-order valence-corrected chi connectivity index (χ0v) is 10.5. The lowest BCUT2D eigenvalue weighted by molar-refractivity contribution is 0.347. The smallest absolute Gasteiger partial charge is 0.396 e. The second-order valence-electron chi connectivity index (χ2n) is 3.83. The minimum Gasteiger partial charge on any atom is -0.490 e. The van der Waals surface area contributed by atoms with E-state index in [1.54, 1.807) is 0 Å². The summed E-state index contributed by atoms with van der Waals surface area (Å²) in [5, 5.41) is 1.68.